The quantitative estimate of drug-likeness (QED) is 0.615. The summed E-state index contributed by atoms with van der Waals surface area (Å²) in [6, 6.07) is 9.99. The number of ether oxygens (including phenoxy) is 2. The molecule has 2 aromatic carbocycles. The number of hydrogen-bond donors (Lipinski definition) is 1. The lowest BCUT2D eigenvalue weighted by molar-refractivity contribution is -0.154. The third kappa shape index (κ3) is 3.77. The molecule has 9 nitrogen and oxygen atoms in total. The molecule has 3 aliphatic heterocycles. The maximum Gasteiger partial charge on any atom is 0.330 e. The van der Waals surface area contributed by atoms with E-state index in [9.17, 15) is 14.4 Å². The highest BCUT2D eigenvalue weighted by atomic mass is 35.5. The minimum atomic E-state index is -1.46. The number of nitrogens with zero attached hydrogens (tertiary/aromatic N) is 3. The first kappa shape index (κ1) is 24.4. The van der Waals surface area contributed by atoms with Crippen molar-refractivity contribution >= 4 is 35.1 Å². The molecule has 5 rings (SSSR count). The minimum absolute atomic E-state index is 0.118. The number of barbiturate groups is 1. The number of nitrogens with one attached hydrogen (secondary N) is 1. The molecule has 1 N–H and O–H groups in total. The van der Waals surface area contributed by atoms with Gasteiger partial charge in [0.1, 0.15) is 0 Å². The zero-order valence-electron chi connectivity index (χ0n) is 20.5. The van der Waals surface area contributed by atoms with Crippen LogP contribution in [0, 0.1) is 5.41 Å². The molecule has 2 fully saturated rings. The molecule has 2 saturated heterocycles. The van der Waals surface area contributed by atoms with E-state index in [1.165, 1.54) is 4.90 Å². The second-order valence-corrected chi connectivity index (χ2v) is 9.92. The first-order valence-corrected chi connectivity index (χ1v) is 12.3. The smallest absolute Gasteiger partial charge is 0.330 e. The molecule has 0 unspecified atom stereocenters. The molecule has 3 aliphatic rings. The standard InChI is InChI=1S/C26H29ClN4O5/c1-29-11-12-30-19-6-4-5-18(27)17(19)14-26(22(30)15-29)23(32)28-25(34)31(24(26)33)10-9-16-7-8-20(35-2)21(13-16)36-3/h4-8,13,22H,9-12,14-15H2,1-3H3,(H,28,32,34)/t22-,26+/m1/s1. The molecule has 2 atom stereocenters. The number of benzene rings is 2. The molecule has 0 aromatic heterocycles. The van der Waals surface area contributed by atoms with Crippen molar-refractivity contribution in [3.8, 4) is 11.5 Å². The molecule has 0 radical (unpaired) electrons. The van der Waals surface area contributed by atoms with Gasteiger partial charge in [0.25, 0.3) is 0 Å². The molecule has 36 heavy (non-hydrogen) atoms. The Balaban J connectivity index is 1.50. The molecule has 190 valence electrons. The Kier molecular flexibility index (Phi) is 6.30. The van der Waals surface area contributed by atoms with E-state index in [1.807, 2.05) is 31.3 Å². The van der Waals surface area contributed by atoms with Gasteiger partial charge in [-0.1, -0.05) is 23.7 Å². The number of piperazine rings is 1. The number of amides is 4. The van der Waals surface area contributed by atoms with Gasteiger partial charge in [-0.2, -0.15) is 0 Å². The van der Waals surface area contributed by atoms with Gasteiger partial charge in [0, 0.05) is 43.3 Å². The van der Waals surface area contributed by atoms with Gasteiger partial charge in [-0.15, -0.1) is 0 Å². The number of hydrogen-bond acceptors (Lipinski definition) is 7. The monoisotopic (exact) mass is 512 g/mol. The fourth-order valence-electron chi connectivity index (χ4n) is 5.65. The van der Waals surface area contributed by atoms with Crippen molar-refractivity contribution in [2.45, 2.75) is 18.9 Å². The fraction of sp³-hybridized carbons (Fsp3) is 0.423. The second-order valence-electron chi connectivity index (χ2n) is 9.51. The van der Waals surface area contributed by atoms with Crippen molar-refractivity contribution < 1.29 is 23.9 Å². The largest absolute Gasteiger partial charge is 0.493 e. The number of methoxy groups -OCH3 is 2. The summed E-state index contributed by atoms with van der Waals surface area (Å²) < 4.78 is 10.7. The van der Waals surface area contributed by atoms with Gasteiger partial charge < -0.3 is 19.3 Å². The lowest BCUT2D eigenvalue weighted by Gasteiger charge is -2.55. The van der Waals surface area contributed by atoms with E-state index in [0.29, 0.717) is 36.0 Å². The SMILES string of the molecule is COc1ccc(CCN2C(=O)NC(=O)[C@@]3(Cc4c(Cl)cccc4N4CCN(C)C[C@@H]43)C2=O)cc1OC. The van der Waals surface area contributed by atoms with Crippen LogP contribution < -0.4 is 19.7 Å². The van der Waals surface area contributed by atoms with Crippen LogP contribution in [0.4, 0.5) is 10.5 Å². The lowest BCUT2D eigenvalue weighted by Crippen LogP contribution is -2.75. The molecular weight excluding hydrogens is 484 g/mol. The van der Waals surface area contributed by atoms with Crippen LogP contribution >= 0.6 is 11.6 Å². The van der Waals surface area contributed by atoms with Crippen LogP contribution in [0.3, 0.4) is 0 Å². The molecule has 10 heteroatoms. The highest BCUT2D eigenvalue weighted by Gasteiger charge is 2.62. The summed E-state index contributed by atoms with van der Waals surface area (Å²) in [6.45, 7) is 2.07. The van der Waals surface area contributed by atoms with Gasteiger partial charge >= 0.3 is 6.03 Å². The van der Waals surface area contributed by atoms with Crippen LogP contribution in [0.15, 0.2) is 36.4 Å². The van der Waals surface area contributed by atoms with Crippen molar-refractivity contribution in [2.24, 2.45) is 5.41 Å². The third-order valence-corrected chi connectivity index (χ3v) is 7.94. The number of fused-ring (bicyclic) bond motifs is 4. The summed E-state index contributed by atoms with van der Waals surface area (Å²) in [5.41, 5.74) is 1.12. The van der Waals surface area contributed by atoms with Crippen molar-refractivity contribution in [3.05, 3.63) is 52.5 Å². The summed E-state index contributed by atoms with van der Waals surface area (Å²) in [7, 11) is 5.09. The van der Waals surface area contributed by atoms with Crippen molar-refractivity contribution in [3.63, 3.8) is 0 Å². The van der Waals surface area contributed by atoms with E-state index in [4.69, 9.17) is 21.1 Å². The van der Waals surface area contributed by atoms with E-state index in [2.05, 4.69) is 15.1 Å². The first-order valence-electron chi connectivity index (χ1n) is 11.9. The number of imide groups is 2. The van der Waals surface area contributed by atoms with E-state index in [-0.39, 0.29) is 13.0 Å². The molecule has 0 saturated carbocycles. The zero-order valence-corrected chi connectivity index (χ0v) is 21.3. The van der Waals surface area contributed by atoms with E-state index >= 15 is 0 Å². The highest BCUT2D eigenvalue weighted by Crippen LogP contribution is 2.47. The van der Waals surface area contributed by atoms with Crippen LogP contribution in [0.2, 0.25) is 5.02 Å². The van der Waals surface area contributed by atoms with Gasteiger partial charge in [-0.05, 0) is 48.9 Å². The topological polar surface area (TPSA) is 91.4 Å². The van der Waals surface area contributed by atoms with E-state index in [0.717, 1.165) is 23.4 Å². The Morgan fingerprint density at radius 2 is 1.86 bits per heavy atom. The molecule has 1 spiro atoms. The average Bonchev–Trinajstić information content (AvgIpc) is 2.87. The van der Waals surface area contributed by atoms with Crippen LogP contribution in [0.5, 0.6) is 11.5 Å². The van der Waals surface area contributed by atoms with Gasteiger partial charge in [0.2, 0.25) is 11.8 Å². The summed E-state index contributed by atoms with van der Waals surface area (Å²) in [5.74, 6) is 0.121. The van der Waals surface area contributed by atoms with Gasteiger partial charge in [0.15, 0.2) is 16.9 Å². The number of rotatable bonds is 5. The van der Waals surface area contributed by atoms with E-state index in [1.54, 1.807) is 26.4 Å². The molecule has 0 aliphatic carbocycles. The summed E-state index contributed by atoms with van der Waals surface area (Å²) in [6.07, 6.45) is 0.539. The molecule has 3 heterocycles. The number of carbonyl (C=O) groups is 3. The second kappa shape index (κ2) is 9.29. The molecule has 0 bridgehead atoms. The van der Waals surface area contributed by atoms with Crippen LogP contribution in [-0.4, -0.2) is 81.1 Å². The maximum atomic E-state index is 14.2. The van der Waals surface area contributed by atoms with Crippen molar-refractivity contribution in [1.82, 2.24) is 15.1 Å². The Morgan fingerprint density at radius 1 is 1.08 bits per heavy atom. The normalized spacial score (nSPS) is 23.9. The average molecular weight is 513 g/mol. The number of likely N-dealkylation sites (N-methyl/N-ethyl adjacent to an activating group) is 1. The number of carbonyl (C=O) groups excluding carboxylic acids is 3. The maximum absolute atomic E-state index is 14.2. The lowest BCUT2D eigenvalue weighted by atomic mass is 9.67. The predicted molar refractivity (Wildman–Crippen MR) is 135 cm³/mol. The fourth-order valence-corrected chi connectivity index (χ4v) is 5.89. The Labute approximate surface area is 214 Å². The predicted octanol–water partition coefficient (Wildman–Crippen LogP) is 2.34. The number of urea groups is 1. The Bertz CT molecular complexity index is 1240. The first-order chi connectivity index (χ1) is 17.3. The van der Waals surface area contributed by atoms with Gasteiger partial charge in [-0.25, -0.2) is 4.79 Å². The Hall–Kier alpha value is -3.30. The Morgan fingerprint density at radius 3 is 2.61 bits per heavy atom. The van der Waals surface area contributed by atoms with Gasteiger partial charge in [-0.3, -0.25) is 19.8 Å². The van der Waals surface area contributed by atoms with Gasteiger partial charge in [0.05, 0.1) is 20.3 Å². The van der Waals surface area contributed by atoms with Crippen LogP contribution in [-0.2, 0) is 22.4 Å². The van der Waals surface area contributed by atoms with Crippen LogP contribution in [0.25, 0.3) is 0 Å². The summed E-state index contributed by atoms with van der Waals surface area (Å²) >= 11 is 6.58. The molecule has 2 aromatic rings. The van der Waals surface area contributed by atoms with Crippen molar-refractivity contribution in [2.75, 3.05) is 52.3 Å². The van der Waals surface area contributed by atoms with Crippen LogP contribution in [0.1, 0.15) is 11.1 Å². The van der Waals surface area contributed by atoms with Crippen molar-refractivity contribution in [1.29, 1.82) is 0 Å². The molecule has 4 amide bonds. The summed E-state index contributed by atoms with van der Waals surface area (Å²) in [4.78, 5) is 46.0. The third-order valence-electron chi connectivity index (χ3n) is 7.58. The zero-order chi connectivity index (χ0) is 25.6. The summed E-state index contributed by atoms with van der Waals surface area (Å²) in [5, 5.41) is 3.00. The number of halogens is 1. The minimum Gasteiger partial charge on any atom is -0.493 e. The molecular formula is C26H29ClN4O5. The van der Waals surface area contributed by atoms with E-state index < -0.39 is 29.3 Å². The highest BCUT2D eigenvalue weighted by molar-refractivity contribution is 6.32. The number of anilines is 1.